The maximum Gasteiger partial charge on any atom is 0.241 e. The van der Waals surface area contributed by atoms with Crippen LogP contribution in [0, 0.1) is 0 Å². The van der Waals surface area contributed by atoms with Gasteiger partial charge in [-0.3, -0.25) is 0 Å². The maximum atomic E-state index is 12.3. The number of nitrogens with two attached hydrogens (primary N) is 1. The lowest BCUT2D eigenvalue weighted by Crippen LogP contribution is -2.27. The normalized spacial score (nSPS) is 13.7. The molecule has 0 aliphatic heterocycles. The highest BCUT2D eigenvalue weighted by molar-refractivity contribution is 7.89. The smallest absolute Gasteiger partial charge is 0.225 e. The fraction of sp³-hybridized carbons (Fsp3) is 0.143. The van der Waals surface area contributed by atoms with Crippen molar-refractivity contribution in [2.24, 2.45) is 5.14 Å². The molecule has 0 spiro atoms. The van der Waals surface area contributed by atoms with Crippen molar-refractivity contribution in [2.75, 3.05) is 0 Å². The average Bonchev–Trinajstić information content (AvgIpc) is 2.47. The zero-order valence-electron chi connectivity index (χ0n) is 11.8. The van der Waals surface area contributed by atoms with Gasteiger partial charge in [-0.15, -0.1) is 0 Å². The Morgan fingerprint density at radius 3 is 1.86 bits per heavy atom. The van der Waals surface area contributed by atoms with E-state index in [1.54, 1.807) is 6.92 Å². The molecule has 2 rings (SSSR count). The summed E-state index contributed by atoms with van der Waals surface area (Å²) in [5.41, 5.74) is 0.826. The van der Waals surface area contributed by atoms with Crippen LogP contribution in [-0.4, -0.2) is 16.8 Å². The zero-order chi connectivity index (χ0) is 16.4. The minimum Gasteiger partial charge on any atom is -0.225 e. The number of nitrogens with one attached hydrogen (secondary N) is 1. The Balaban J connectivity index is 2.24. The molecule has 0 unspecified atom stereocenters. The number of rotatable bonds is 5. The summed E-state index contributed by atoms with van der Waals surface area (Å²) in [5, 5.41) is 4.98. The number of primary sulfonamides is 1. The third-order valence-electron chi connectivity index (χ3n) is 3.09. The molecule has 1 atom stereocenters. The maximum absolute atomic E-state index is 12.3. The van der Waals surface area contributed by atoms with Crippen LogP contribution in [0.2, 0.25) is 0 Å². The largest absolute Gasteiger partial charge is 0.241 e. The second-order valence-electron chi connectivity index (χ2n) is 4.77. The van der Waals surface area contributed by atoms with Crippen molar-refractivity contribution >= 4 is 20.0 Å². The van der Waals surface area contributed by atoms with Gasteiger partial charge in [0.2, 0.25) is 20.0 Å². The highest BCUT2D eigenvalue weighted by Crippen LogP contribution is 2.18. The van der Waals surface area contributed by atoms with Crippen LogP contribution in [-0.2, 0) is 20.0 Å². The second-order valence-corrected chi connectivity index (χ2v) is 8.05. The van der Waals surface area contributed by atoms with E-state index in [1.807, 2.05) is 30.3 Å². The second kappa shape index (κ2) is 6.17. The first-order valence-electron chi connectivity index (χ1n) is 6.40. The minimum atomic E-state index is -3.85. The van der Waals surface area contributed by atoms with E-state index >= 15 is 0 Å². The first-order valence-corrected chi connectivity index (χ1v) is 9.43. The predicted molar refractivity (Wildman–Crippen MR) is 83.0 cm³/mol. The number of hydrogen-bond donors (Lipinski definition) is 2. The molecule has 3 N–H and O–H groups in total. The van der Waals surface area contributed by atoms with Crippen LogP contribution >= 0.6 is 0 Å². The fourth-order valence-corrected chi connectivity index (χ4v) is 3.67. The van der Waals surface area contributed by atoms with Gasteiger partial charge in [-0.2, -0.15) is 0 Å². The van der Waals surface area contributed by atoms with Crippen LogP contribution in [0.1, 0.15) is 18.5 Å². The van der Waals surface area contributed by atoms with Crippen LogP contribution in [0.5, 0.6) is 0 Å². The summed E-state index contributed by atoms with van der Waals surface area (Å²) in [6.07, 6.45) is 0. The van der Waals surface area contributed by atoms with Crippen molar-refractivity contribution in [3.8, 4) is 0 Å². The van der Waals surface area contributed by atoms with Gasteiger partial charge in [-0.1, -0.05) is 30.3 Å². The van der Waals surface area contributed by atoms with Crippen LogP contribution in [0.3, 0.4) is 0 Å². The molecule has 0 radical (unpaired) electrons. The zero-order valence-corrected chi connectivity index (χ0v) is 13.4. The average molecular weight is 340 g/mol. The molecule has 0 bridgehead atoms. The molecule has 0 saturated heterocycles. The molecule has 2 aromatic carbocycles. The summed E-state index contributed by atoms with van der Waals surface area (Å²) in [7, 11) is -7.60. The molecule has 0 fully saturated rings. The summed E-state index contributed by atoms with van der Waals surface area (Å²) in [6.45, 7) is 1.73. The summed E-state index contributed by atoms with van der Waals surface area (Å²) < 4.78 is 49.4. The molecule has 0 heterocycles. The minimum absolute atomic E-state index is 0.0253. The first-order chi connectivity index (χ1) is 10.2. The Morgan fingerprint density at radius 2 is 1.36 bits per heavy atom. The van der Waals surface area contributed by atoms with E-state index < -0.39 is 26.1 Å². The van der Waals surface area contributed by atoms with Crippen molar-refractivity contribution in [3.63, 3.8) is 0 Å². The van der Waals surface area contributed by atoms with Crippen LogP contribution in [0.25, 0.3) is 0 Å². The molecule has 0 aromatic heterocycles. The van der Waals surface area contributed by atoms with Crippen molar-refractivity contribution < 1.29 is 16.8 Å². The first kappa shape index (κ1) is 16.6. The standard InChI is InChI=1S/C14H16N2O4S2/c1-11(12-5-3-2-4-6-12)16-22(19,20)14-9-7-13(8-10-14)21(15,17)18/h2-11,16H,1H3,(H2,15,17,18)/t11-/m1/s1. The lowest BCUT2D eigenvalue weighted by molar-refractivity contribution is 0.566. The quantitative estimate of drug-likeness (QED) is 0.857. The van der Waals surface area contributed by atoms with Gasteiger partial charge >= 0.3 is 0 Å². The molecule has 8 heteroatoms. The Morgan fingerprint density at radius 1 is 0.864 bits per heavy atom. The van der Waals surface area contributed by atoms with Gasteiger partial charge in [0.05, 0.1) is 9.79 Å². The van der Waals surface area contributed by atoms with E-state index in [-0.39, 0.29) is 9.79 Å². The summed E-state index contributed by atoms with van der Waals surface area (Å²) in [5.74, 6) is 0. The van der Waals surface area contributed by atoms with Crippen molar-refractivity contribution in [3.05, 3.63) is 60.2 Å². The predicted octanol–water partition coefficient (Wildman–Crippen LogP) is 1.37. The van der Waals surface area contributed by atoms with E-state index in [4.69, 9.17) is 5.14 Å². The number of benzene rings is 2. The summed E-state index contributed by atoms with van der Waals surface area (Å²) in [4.78, 5) is -0.162. The van der Waals surface area contributed by atoms with E-state index in [2.05, 4.69) is 4.72 Å². The number of hydrogen-bond acceptors (Lipinski definition) is 4. The lowest BCUT2D eigenvalue weighted by Gasteiger charge is -2.14. The van der Waals surface area contributed by atoms with Gasteiger partial charge in [-0.05, 0) is 36.8 Å². The lowest BCUT2D eigenvalue weighted by atomic mass is 10.1. The van der Waals surface area contributed by atoms with Gasteiger partial charge in [-0.25, -0.2) is 26.7 Å². The molecule has 0 aliphatic carbocycles. The number of sulfonamides is 2. The van der Waals surface area contributed by atoms with Crippen LogP contribution in [0.15, 0.2) is 64.4 Å². The third-order valence-corrected chi connectivity index (χ3v) is 5.58. The van der Waals surface area contributed by atoms with Crippen molar-refractivity contribution in [1.82, 2.24) is 4.72 Å². The van der Waals surface area contributed by atoms with Gasteiger partial charge in [0.15, 0.2) is 0 Å². The topological polar surface area (TPSA) is 106 Å². The molecular formula is C14H16N2O4S2. The summed E-state index contributed by atoms with van der Waals surface area (Å²) >= 11 is 0. The molecular weight excluding hydrogens is 324 g/mol. The molecule has 2 aromatic rings. The van der Waals surface area contributed by atoms with E-state index in [0.717, 1.165) is 17.7 Å². The Hall–Kier alpha value is -1.74. The molecule has 0 saturated carbocycles. The Labute approximate surface area is 130 Å². The van der Waals surface area contributed by atoms with E-state index in [1.165, 1.54) is 12.1 Å². The van der Waals surface area contributed by atoms with Gasteiger partial charge in [0.1, 0.15) is 0 Å². The van der Waals surface area contributed by atoms with Crippen molar-refractivity contribution in [1.29, 1.82) is 0 Å². The molecule has 0 aliphatic rings. The highest BCUT2D eigenvalue weighted by atomic mass is 32.2. The van der Waals surface area contributed by atoms with E-state index in [0.29, 0.717) is 0 Å². The van der Waals surface area contributed by atoms with Crippen LogP contribution < -0.4 is 9.86 Å². The SMILES string of the molecule is C[C@@H](NS(=O)(=O)c1ccc(S(N)(=O)=O)cc1)c1ccccc1. The molecule has 0 amide bonds. The van der Waals surface area contributed by atoms with Gasteiger partial charge in [0, 0.05) is 6.04 Å². The van der Waals surface area contributed by atoms with Crippen molar-refractivity contribution in [2.45, 2.75) is 22.8 Å². The Kier molecular flexibility index (Phi) is 4.66. The van der Waals surface area contributed by atoms with Crippen LogP contribution in [0.4, 0.5) is 0 Å². The Bertz CT molecular complexity index is 845. The molecule has 118 valence electrons. The van der Waals surface area contributed by atoms with E-state index in [9.17, 15) is 16.8 Å². The van der Waals surface area contributed by atoms with Gasteiger partial charge < -0.3 is 0 Å². The van der Waals surface area contributed by atoms with Gasteiger partial charge in [0.25, 0.3) is 0 Å². The fourth-order valence-electron chi connectivity index (χ4n) is 1.92. The monoisotopic (exact) mass is 340 g/mol. The highest BCUT2D eigenvalue weighted by Gasteiger charge is 2.19. The third kappa shape index (κ3) is 3.92. The molecule has 6 nitrogen and oxygen atoms in total. The summed E-state index contributed by atoms with van der Waals surface area (Å²) in [6, 6.07) is 13.4. The molecule has 22 heavy (non-hydrogen) atoms.